The van der Waals surface area contributed by atoms with Gasteiger partial charge in [0.2, 0.25) is 5.91 Å². The summed E-state index contributed by atoms with van der Waals surface area (Å²) in [5, 5.41) is 21.1. The van der Waals surface area contributed by atoms with Crippen LogP contribution in [0.15, 0.2) is 59.8 Å². The number of nitriles is 1. The number of amides is 1. The summed E-state index contributed by atoms with van der Waals surface area (Å²) in [5.41, 5.74) is 2.36. The Bertz CT molecular complexity index is 1070. The fourth-order valence-corrected chi connectivity index (χ4v) is 4.27. The van der Waals surface area contributed by atoms with Gasteiger partial charge in [0, 0.05) is 5.69 Å². The predicted octanol–water partition coefficient (Wildman–Crippen LogP) is 4.33. The van der Waals surface area contributed by atoms with Crippen LogP contribution < -0.4 is 5.32 Å². The van der Waals surface area contributed by atoms with Gasteiger partial charge in [-0.2, -0.15) is 5.26 Å². The number of aromatic nitrogens is 3. The molecule has 0 bridgehead atoms. The van der Waals surface area contributed by atoms with Crippen LogP contribution >= 0.6 is 11.8 Å². The number of carbonyl (C=O) groups is 1. The van der Waals surface area contributed by atoms with Gasteiger partial charge in [0.1, 0.15) is 0 Å². The van der Waals surface area contributed by atoms with Crippen molar-refractivity contribution < 1.29 is 4.79 Å². The monoisotopic (exact) mass is 448 g/mol. The van der Waals surface area contributed by atoms with E-state index >= 15 is 0 Å². The standard InChI is InChI=1S/C24H28N6OS/c1-5-21(29(3)4)22-27-28-24(30(22)16-19-9-7-6-8-10-19)32-17(2)23(31)26-20-13-11-18(15-25)12-14-20/h6-14,17,21H,5,16H2,1-4H3,(H,26,31). The fraction of sp³-hybridized carbons (Fsp3) is 0.333. The lowest BCUT2D eigenvalue weighted by atomic mass is 10.2. The molecule has 0 fully saturated rings. The largest absolute Gasteiger partial charge is 0.325 e. The average Bonchev–Trinajstić information content (AvgIpc) is 3.17. The molecule has 8 heteroatoms. The third-order valence-corrected chi connectivity index (χ3v) is 6.25. The molecule has 2 unspecified atom stereocenters. The smallest absolute Gasteiger partial charge is 0.237 e. The summed E-state index contributed by atoms with van der Waals surface area (Å²) in [6, 6.07) is 19.2. The van der Waals surface area contributed by atoms with E-state index in [1.54, 1.807) is 24.3 Å². The van der Waals surface area contributed by atoms with Crippen molar-refractivity contribution in [2.75, 3.05) is 19.4 Å². The Morgan fingerprint density at radius 1 is 1.16 bits per heavy atom. The first-order chi connectivity index (χ1) is 15.4. The van der Waals surface area contributed by atoms with Crippen LogP contribution in [-0.4, -0.2) is 44.9 Å². The second-order valence-corrected chi connectivity index (χ2v) is 9.05. The Morgan fingerprint density at radius 3 is 2.44 bits per heavy atom. The van der Waals surface area contributed by atoms with Crippen LogP contribution in [0.1, 0.15) is 43.3 Å². The molecule has 1 aromatic heterocycles. The maximum absolute atomic E-state index is 12.8. The molecule has 2 aromatic carbocycles. The van der Waals surface area contributed by atoms with Gasteiger partial charge in [-0.1, -0.05) is 49.0 Å². The van der Waals surface area contributed by atoms with Gasteiger partial charge in [0.25, 0.3) is 0 Å². The molecule has 0 spiro atoms. The van der Waals surface area contributed by atoms with Gasteiger partial charge in [0.15, 0.2) is 11.0 Å². The molecule has 1 heterocycles. The van der Waals surface area contributed by atoms with Crippen molar-refractivity contribution >= 4 is 23.4 Å². The van der Waals surface area contributed by atoms with Crippen molar-refractivity contribution in [3.63, 3.8) is 0 Å². The molecule has 1 N–H and O–H groups in total. The zero-order valence-electron chi connectivity index (χ0n) is 18.8. The summed E-state index contributed by atoms with van der Waals surface area (Å²) in [7, 11) is 4.08. The van der Waals surface area contributed by atoms with Crippen LogP contribution in [0.2, 0.25) is 0 Å². The highest BCUT2D eigenvalue weighted by Crippen LogP contribution is 2.29. The Labute approximate surface area is 193 Å². The molecular formula is C24H28N6OS. The highest BCUT2D eigenvalue weighted by atomic mass is 32.2. The van der Waals surface area contributed by atoms with Gasteiger partial charge in [0.05, 0.1) is 29.5 Å². The van der Waals surface area contributed by atoms with Gasteiger partial charge < -0.3 is 9.88 Å². The van der Waals surface area contributed by atoms with Crippen molar-refractivity contribution in [3.8, 4) is 6.07 Å². The topological polar surface area (TPSA) is 86.8 Å². The fourth-order valence-electron chi connectivity index (χ4n) is 3.41. The molecule has 2 atom stereocenters. The second kappa shape index (κ2) is 10.9. The van der Waals surface area contributed by atoms with Gasteiger partial charge in [-0.05, 0) is 57.3 Å². The van der Waals surface area contributed by atoms with Crippen molar-refractivity contribution in [3.05, 3.63) is 71.5 Å². The molecule has 3 rings (SSSR count). The van der Waals surface area contributed by atoms with E-state index in [1.165, 1.54) is 11.8 Å². The number of rotatable bonds is 9. The molecule has 0 saturated heterocycles. The molecule has 0 radical (unpaired) electrons. The van der Waals surface area contributed by atoms with Gasteiger partial charge >= 0.3 is 0 Å². The lowest BCUT2D eigenvalue weighted by Gasteiger charge is -2.23. The predicted molar refractivity (Wildman–Crippen MR) is 127 cm³/mol. The first-order valence-corrected chi connectivity index (χ1v) is 11.4. The summed E-state index contributed by atoms with van der Waals surface area (Å²) >= 11 is 1.39. The van der Waals surface area contributed by atoms with E-state index in [2.05, 4.69) is 50.1 Å². The van der Waals surface area contributed by atoms with E-state index in [-0.39, 0.29) is 17.2 Å². The van der Waals surface area contributed by atoms with Crippen molar-refractivity contribution in [2.24, 2.45) is 0 Å². The minimum atomic E-state index is -0.378. The summed E-state index contributed by atoms with van der Waals surface area (Å²) in [6.07, 6.45) is 0.902. The summed E-state index contributed by atoms with van der Waals surface area (Å²) < 4.78 is 2.11. The maximum atomic E-state index is 12.8. The lowest BCUT2D eigenvalue weighted by Crippen LogP contribution is -2.25. The molecule has 32 heavy (non-hydrogen) atoms. The van der Waals surface area contributed by atoms with E-state index < -0.39 is 0 Å². The Morgan fingerprint density at radius 2 is 1.84 bits per heavy atom. The number of nitrogens with one attached hydrogen (secondary N) is 1. The Kier molecular flexibility index (Phi) is 8.03. The molecule has 3 aromatic rings. The number of anilines is 1. The van der Waals surface area contributed by atoms with Crippen LogP contribution in [0.5, 0.6) is 0 Å². The number of nitrogens with zero attached hydrogens (tertiary/aromatic N) is 5. The Balaban J connectivity index is 1.81. The first kappa shape index (κ1) is 23.5. The maximum Gasteiger partial charge on any atom is 0.237 e. The molecule has 0 saturated carbocycles. The van der Waals surface area contributed by atoms with Crippen LogP contribution in [-0.2, 0) is 11.3 Å². The minimum absolute atomic E-state index is 0.128. The summed E-state index contributed by atoms with van der Waals surface area (Å²) in [4.78, 5) is 14.9. The first-order valence-electron chi connectivity index (χ1n) is 10.5. The van der Waals surface area contributed by atoms with Crippen molar-refractivity contribution in [2.45, 2.75) is 43.3 Å². The summed E-state index contributed by atoms with van der Waals surface area (Å²) in [6.45, 7) is 4.63. The number of thioether (sulfide) groups is 1. The zero-order valence-corrected chi connectivity index (χ0v) is 19.6. The number of hydrogen-bond donors (Lipinski definition) is 1. The number of benzene rings is 2. The second-order valence-electron chi connectivity index (χ2n) is 7.74. The van der Waals surface area contributed by atoms with Gasteiger partial charge in [-0.25, -0.2) is 0 Å². The molecular weight excluding hydrogens is 420 g/mol. The molecule has 166 valence electrons. The van der Waals surface area contributed by atoms with Crippen LogP contribution in [0, 0.1) is 11.3 Å². The van der Waals surface area contributed by atoms with Gasteiger partial charge in [-0.3, -0.25) is 9.69 Å². The molecule has 7 nitrogen and oxygen atoms in total. The van der Waals surface area contributed by atoms with Crippen LogP contribution in [0.25, 0.3) is 0 Å². The summed E-state index contributed by atoms with van der Waals surface area (Å²) in [5.74, 6) is 0.763. The quantitative estimate of drug-likeness (QED) is 0.490. The lowest BCUT2D eigenvalue weighted by molar-refractivity contribution is -0.115. The van der Waals surface area contributed by atoms with E-state index in [0.29, 0.717) is 23.0 Å². The highest BCUT2D eigenvalue weighted by Gasteiger charge is 2.25. The van der Waals surface area contributed by atoms with E-state index in [4.69, 9.17) is 5.26 Å². The number of hydrogen-bond acceptors (Lipinski definition) is 6. The normalized spacial score (nSPS) is 12.9. The average molecular weight is 449 g/mol. The van der Waals surface area contributed by atoms with Crippen molar-refractivity contribution in [1.82, 2.24) is 19.7 Å². The third kappa shape index (κ3) is 5.75. The van der Waals surface area contributed by atoms with E-state index in [1.807, 2.05) is 39.2 Å². The molecule has 0 aliphatic rings. The van der Waals surface area contributed by atoms with Crippen molar-refractivity contribution in [1.29, 1.82) is 5.26 Å². The molecule has 0 aliphatic carbocycles. The van der Waals surface area contributed by atoms with E-state index in [9.17, 15) is 4.79 Å². The Hall–Kier alpha value is -3.15. The highest BCUT2D eigenvalue weighted by molar-refractivity contribution is 8.00. The molecule has 1 amide bonds. The third-order valence-electron chi connectivity index (χ3n) is 5.17. The van der Waals surface area contributed by atoms with E-state index in [0.717, 1.165) is 17.8 Å². The van der Waals surface area contributed by atoms with Crippen LogP contribution in [0.3, 0.4) is 0 Å². The van der Waals surface area contributed by atoms with Crippen LogP contribution in [0.4, 0.5) is 5.69 Å². The minimum Gasteiger partial charge on any atom is -0.325 e. The number of carbonyl (C=O) groups excluding carboxylic acids is 1. The SMILES string of the molecule is CCC(c1nnc(SC(C)C(=O)Nc2ccc(C#N)cc2)n1Cc1ccccc1)N(C)C. The van der Waals surface area contributed by atoms with Gasteiger partial charge in [-0.15, -0.1) is 10.2 Å². The zero-order chi connectivity index (χ0) is 23.1. The molecule has 0 aliphatic heterocycles.